The summed E-state index contributed by atoms with van der Waals surface area (Å²) in [5.74, 6) is 6.50. The molecule has 3 N–H and O–H groups in total. The summed E-state index contributed by atoms with van der Waals surface area (Å²) in [6.07, 6.45) is 3.65. The summed E-state index contributed by atoms with van der Waals surface area (Å²) in [6.45, 7) is 2.80. The van der Waals surface area contributed by atoms with Crippen LogP contribution in [0.4, 0.5) is 0 Å². The fraction of sp³-hybridized carbons (Fsp3) is 0.444. The summed E-state index contributed by atoms with van der Waals surface area (Å²) in [7, 11) is 0. The van der Waals surface area contributed by atoms with E-state index in [-0.39, 0.29) is 12.1 Å². The van der Waals surface area contributed by atoms with Gasteiger partial charge < -0.3 is 4.74 Å². The summed E-state index contributed by atoms with van der Waals surface area (Å²) < 4.78 is 5.96. The van der Waals surface area contributed by atoms with E-state index in [0.717, 1.165) is 13.0 Å². The van der Waals surface area contributed by atoms with Gasteiger partial charge in [-0.05, 0) is 48.4 Å². The molecule has 0 amide bonds. The van der Waals surface area contributed by atoms with Crippen molar-refractivity contribution >= 4 is 10.8 Å². The van der Waals surface area contributed by atoms with Gasteiger partial charge in [0.2, 0.25) is 0 Å². The lowest BCUT2D eigenvalue weighted by molar-refractivity contribution is 0.0193. The maximum atomic E-state index is 5.96. The van der Waals surface area contributed by atoms with Crippen molar-refractivity contribution in [2.24, 2.45) is 11.8 Å². The van der Waals surface area contributed by atoms with Crippen LogP contribution in [0.1, 0.15) is 25.3 Å². The molecule has 0 saturated heterocycles. The van der Waals surface area contributed by atoms with Gasteiger partial charge in [0.25, 0.3) is 0 Å². The van der Waals surface area contributed by atoms with Gasteiger partial charge in [-0.15, -0.1) is 0 Å². The first-order valence-electron chi connectivity index (χ1n) is 7.88. The molecule has 2 aromatic rings. The number of hydrogen-bond donors (Lipinski definition) is 2. The van der Waals surface area contributed by atoms with E-state index in [2.05, 4.69) is 54.8 Å². The third-order valence-corrected chi connectivity index (χ3v) is 4.38. The second kappa shape index (κ2) is 6.56. The van der Waals surface area contributed by atoms with Gasteiger partial charge in [-0.25, -0.2) is 0 Å². The topological polar surface area (TPSA) is 47.3 Å². The largest absolute Gasteiger partial charge is 0.377 e. The molecule has 0 bridgehead atoms. The first-order chi connectivity index (χ1) is 10.3. The number of ether oxygens (including phenoxy) is 1. The highest BCUT2D eigenvalue weighted by atomic mass is 16.5. The number of rotatable bonds is 7. The minimum atomic E-state index is 0.170. The average molecular weight is 284 g/mol. The lowest BCUT2D eigenvalue weighted by atomic mass is 9.95. The predicted molar refractivity (Wildman–Crippen MR) is 86.9 cm³/mol. The van der Waals surface area contributed by atoms with Crippen molar-refractivity contribution in [2.75, 3.05) is 6.61 Å². The third kappa shape index (κ3) is 3.26. The normalized spacial score (nSPS) is 17.8. The van der Waals surface area contributed by atoms with Crippen LogP contribution in [-0.2, 0) is 11.2 Å². The monoisotopic (exact) mass is 284 g/mol. The summed E-state index contributed by atoms with van der Waals surface area (Å²) in [5, 5.41) is 2.59. The van der Waals surface area contributed by atoms with Crippen LogP contribution in [0.3, 0.4) is 0 Å². The number of fused-ring (bicyclic) bond motifs is 1. The molecular weight excluding hydrogens is 260 g/mol. The number of hydrazine groups is 1. The third-order valence-electron chi connectivity index (χ3n) is 4.38. The van der Waals surface area contributed by atoms with Gasteiger partial charge in [0.05, 0.1) is 12.1 Å². The van der Waals surface area contributed by atoms with E-state index < -0.39 is 0 Å². The maximum Gasteiger partial charge on any atom is 0.0772 e. The molecule has 21 heavy (non-hydrogen) atoms. The molecule has 0 radical (unpaired) electrons. The first kappa shape index (κ1) is 14.5. The van der Waals surface area contributed by atoms with Gasteiger partial charge in [0.1, 0.15) is 0 Å². The lowest BCUT2D eigenvalue weighted by Gasteiger charge is -2.27. The van der Waals surface area contributed by atoms with Gasteiger partial charge in [0, 0.05) is 6.61 Å². The van der Waals surface area contributed by atoms with Crippen LogP contribution in [0.25, 0.3) is 10.8 Å². The highest BCUT2D eigenvalue weighted by Crippen LogP contribution is 2.36. The van der Waals surface area contributed by atoms with E-state index >= 15 is 0 Å². The Morgan fingerprint density at radius 3 is 2.67 bits per heavy atom. The molecule has 2 aromatic carbocycles. The van der Waals surface area contributed by atoms with Crippen molar-refractivity contribution in [2.45, 2.75) is 38.3 Å². The molecule has 0 heterocycles. The molecule has 2 atom stereocenters. The van der Waals surface area contributed by atoms with Crippen LogP contribution in [-0.4, -0.2) is 18.8 Å². The number of nitrogens with two attached hydrogens (primary N) is 1. The molecule has 1 aliphatic carbocycles. The zero-order valence-corrected chi connectivity index (χ0v) is 12.6. The molecular formula is C18H24N2O. The highest BCUT2D eigenvalue weighted by molar-refractivity contribution is 5.85. The molecule has 0 aliphatic heterocycles. The number of hydrogen-bond acceptors (Lipinski definition) is 3. The minimum absolute atomic E-state index is 0.170. The summed E-state index contributed by atoms with van der Waals surface area (Å²) in [5.41, 5.74) is 4.33. The molecule has 2 unspecified atom stereocenters. The SMILES string of the molecule is CCOC(C1CC1)C(Cc1cccc2ccccc12)NN. The van der Waals surface area contributed by atoms with E-state index in [0.29, 0.717) is 5.92 Å². The number of benzene rings is 2. The first-order valence-corrected chi connectivity index (χ1v) is 7.88. The quantitative estimate of drug-likeness (QED) is 0.607. The highest BCUT2D eigenvalue weighted by Gasteiger charge is 2.37. The van der Waals surface area contributed by atoms with E-state index in [1.807, 2.05) is 0 Å². The van der Waals surface area contributed by atoms with E-state index in [1.54, 1.807) is 0 Å². The molecule has 0 aromatic heterocycles. The van der Waals surface area contributed by atoms with Crippen LogP contribution in [0.15, 0.2) is 42.5 Å². The molecule has 3 heteroatoms. The molecule has 1 aliphatic rings. The Morgan fingerprint density at radius 1 is 1.19 bits per heavy atom. The van der Waals surface area contributed by atoms with E-state index in [4.69, 9.17) is 10.6 Å². The molecule has 3 rings (SSSR count). The van der Waals surface area contributed by atoms with Crippen molar-refractivity contribution in [3.8, 4) is 0 Å². The second-order valence-electron chi connectivity index (χ2n) is 5.87. The standard InChI is InChI=1S/C18H24N2O/c1-2-21-18(14-10-11-14)17(20-19)12-15-8-5-7-13-6-3-4-9-16(13)15/h3-9,14,17-18,20H,2,10-12,19H2,1H3. The maximum absolute atomic E-state index is 5.96. The Kier molecular flexibility index (Phi) is 4.54. The van der Waals surface area contributed by atoms with Crippen LogP contribution >= 0.6 is 0 Å². The Labute approximate surface area is 126 Å². The minimum Gasteiger partial charge on any atom is -0.377 e. The summed E-state index contributed by atoms with van der Waals surface area (Å²) in [4.78, 5) is 0. The van der Waals surface area contributed by atoms with Crippen molar-refractivity contribution < 1.29 is 4.74 Å². The molecule has 0 spiro atoms. The van der Waals surface area contributed by atoms with Crippen LogP contribution in [0.5, 0.6) is 0 Å². The van der Waals surface area contributed by atoms with E-state index in [1.165, 1.54) is 29.2 Å². The van der Waals surface area contributed by atoms with Crippen molar-refractivity contribution in [1.29, 1.82) is 0 Å². The van der Waals surface area contributed by atoms with Crippen molar-refractivity contribution in [3.05, 3.63) is 48.0 Å². The van der Waals surface area contributed by atoms with Crippen LogP contribution in [0.2, 0.25) is 0 Å². The van der Waals surface area contributed by atoms with E-state index in [9.17, 15) is 0 Å². The Balaban J connectivity index is 1.84. The van der Waals surface area contributed by atoms with Crippen LogP contribution < -0.4 is 11.3 Å². The van der Waals surface area contributed by atoms with Gasteiger partial charge >= 0.3 is 0 Å². The summed E-state index contributed by atoms with van der Waals surface area (Å²) in [6, 6.07) is 15.2. The zero-order chi connectivity index (χ0) is 14.7. The average Bonchev–Trinajstić information content (AvgIpc) is 3.35. The van der Waals surface area contributed by atoms with Gasteiger partial charge in [-0.1, -0.05) is 42.5 Å². The Hall–Kier alpha value is -1.42. The Bertz CT molecular complexity index is 589. The van der Waals surface area contributed by atoms with Gasteiger partial charge in [-0.3, -0.25) is 11.3 Å². The fourth-order valence-electron chi connectivity index (χ4n) is 3.18. The second-order valence-corrected chi connectivity index (χ2v) is 5.87. The predicted octanol–water partition coefficient (Wildman–Crippen LogP) is 3.03. The molecule has 3 nitrogen and oxygen atoms in total. The number of nitrogens with one attached hydrogen (secondary N) is 1. The van der Waals surface area contributed by atoms with Crippen molar-refractivity contribution in [1.82, 2.24) is 5.43 Å². The zero-order valence-electron chi connectivity index (χ0n) is 12.6. The fourth-order valence-corrected chi connectivity index (χ4v) is 3.18. The Morgan fingerprint density at radius 2 is 1.95 bits per heavy atom. The van der Waals surface area contributed by atoms with Gasteiger partial charge in [0.15, 0.2) is 0 Å². The lowest BCUT2D eigenvalue weighted by Crippen LogP contribution is -2.47. The smallest absolute Gasteiger partial charge is 0.0772 e. The van der Waals surface area contributed by atoms with Crippen LogP contribution in [0, 0.1) is 5.92 Å². The molecule has 1 saturated carbocycles. The van der Waals surface area contributed by atoms with Gasteiger partial charge in [-0.2, -0.15) is 0 Å². The van der Waals surface area contributed by atoms with Crippen molar-refractivity contribution in [3.63, 3.8) is 0 Å². The molecule has 112 valence electrons. The molecule has 1 fully saturated rings. The summed E-state index contributed by atoms with van der Waals surface area (Å²) >= 11 is 0.